The van der Waals surface area contributed by atoms with E-state index in [4.69, 9.17) is 71.2 Å². The Morgan fingerprint density at radius 2 is 1.27 bits per heavy atom. The van der Waals surface area contributed by atoms with Crippen molar-refractivity contribution in [2.75, 3.05) is 13.7 Å². The lowest BCUT2D eigenvalue weighted by Crippen LogP contribution is -2.69. The summed E-state index contributed by atoms with van der Waals surface area (Å²) in [7, 11) is -7.76. The Labute approximate surface area is 253 Å². The van der Waals surface area contributed by atoms with E-state index in [1.807, 2.05) is 0 Å². The van der Waals surface area contributed by atoms with Crippen LogP contribution in [0.1, 0.15) is 20.3 Å². The van der Waals surface area contributed by atoms with E-state index < -0.39 is 112 Å². The Kier molecular flexibility index (Phi) is 15.3. The van der Waals surface area contributed by atoms with Gasteiger partial charge in [-0.25, -0.2) is 0 Å². The van der Waals surface area contributed by atoms with Crippen molar-refractivity contribution in [3.63, 3.8) is 0 Å². The first-order valence-electron chi connectivity index (χ1n) is 12.8. The minimum Gasteiger partial charge on any atom is -0.391 e. The van der Waals surface area contributed by atoms with Crippen molar-refractivity contribution in [2.45, 2.75) is 111 Å². The van der Waals surface area contributed by atoms with Gasteiger partial charge in [-0.3, -0.25) is 18.2 Å². The first-order chi connectivity index (χ1) is 19.8. The molecule has 0 aromatic carbocycles. The van der Waals surface area contributed by atoms with Gasteiger partial charge in [0.1, 0.15) is 48.3 Å². The van der Waals surface area contributed by atoms with Crippen LogP contribution in [0.3, 0.4) is 0 Å². The summed E-state index contributed by atoms with van der Waals surface area (Å²) in [5.41, 5.74) is 17.0. The average molecular weight is 693 g/mol. The van der Waals surface area contributed by atoms with Gasteiger partial charge in [-0.15, -0.1) is 0 Å². The number of aliphatic hydroxyl groups is 6. The van der Waals surface area contributed by atoms with E-state index in [0.29, 0.717) is 0 Å². The lowest BCUT2D eigenvalue weighted by atomic mass is 9.84. The molecule has 264 valence electrons. The van der Waals surface area contributed by atoms with Crippen molar-refractivity contribution in [1.29, 1.82) is 0 Å². The molecule has 22 nitrogen and oxygen atoms in total. The van der Waals surface area contributed by atoms with Gasteiger partial charge < -0.3 is 72.1 Å². The highest BCUT2D eigenvalue weighted by atomic mass is 32.3. The van der Waals surface area contributed by atoms with E-state index in [9.17, 15) is 30.6 Å². The minimum absolute atomic E-state index is 0.135. The summed E-state index contributed by atoms with van der Waals surface area (Å²) >= 11 is 0. The monoisotopic (exact) mass is 692 g/mol. The van der Waals surface area contributed by atoms with Gasteiger partial charge in [0, 0.05) is 12.1 Å². The molecule has 15 atom stereocenters. The van der Waals surface area contributed by atoms with Crippen molar-refractivity contribution in [1.82, 2.24) is 5.32 Å². The Hall–Kier alpha value is -0.820. The molecule has 24 heteroatoms. The quantitative estimate of drug-likeness (QED) is 0.115. The van der Waals surface area contributed by atoms with E-state index >= 15 is 0 Å². The van der Waals surface area contributed by atoms with Crippen LogP contribution >= 0.6 is 0 Å². The maximum atomic E-state index is 11.1. The number of nitrogens with two attached hydrogens (primary N) is 3. The number of hydrogen-bond donors (Lipinski definition) is 14. The molecule has 0 spiro atoms. The predicted octanol–water partition coefficient (Wildman–Crippen LogP) is -6.92. The maximum absolute atomic E-state index is 11.1. The zero-order valence-corrected chi connectivity index (χ0v) is 25.4. The van der Waals surface area contributed by atoms with Crippen LogP contribution in [0.5, 0.6) is 0 Å². The van der Waals surface area contributed by atoms with E-state index in [0.717, 1.165) is 0 Å². The smallest absolute Gasteiger partial charge is 0.391 e. The Balaban J connectivity index is 0.000000837. The summed E-state index contributed by atoms with van der Waals surface area (Å²) in [4.78, 5) is 0. The standard InChI is InChI=1S/C20H40N4O10.2H2O4S/c1-6(25)14-11(27)10(26)9(23)18(32-14)33-15-7(21)4-8(22)16(12(15)28)34-19-13(29)17(24-3)20(2,30)5-31-19;2*1-5(2,3)4/h6-19,24-30H,4-5,21-23H2,1-3H3;2*(H2,1,2,3,4)/t6?,7?,8?,9?,10?,11?,12?,13?,14?,15?,16?,17?,18?,19?,20-;;/m0../s1. The third-order valence-corrected chi connectivity index (χ3v) is 6.95. The van der Waals surface area contributed by atoms with Gasteiger partial charge in [0.2, 0.25) is 0 Å². The Morgan fingerprint density at radius 3 is 1.68 bits per heavy atom. The normalized spacial score (nSPS) is 44.0. The van der Waals surface area contributed by atoms with E-state index in [1.165, 1.54) is 13.8 Å². The second kappa shape index (κ2) is 16.3. The third-order valence-electron chi connectivity index (χ3n) is 6.95. The maximum Gasteiger partial charge on any atom is 0.394 e. The topological polar surface area (TPSA) is 398 Å². The second-order valence-corrected chi connectivity index (χ2v) is 12.5. The molecule has 0 aromatic rings. The lowest BCUT2D eigenvalue weighted by Gasteiger charge is -2.49. The highest BCUT2D eigenvalue weighted by Crippen LogP contribution is 2.32. The van der Waals surface area contributed by atoms with Crippen molar-refractivity contribution in [2.24, 2.45) is 17.2 Å². The molecule has 3 fully saturated rings. The summed E-state index contributed by atoms with van der Waals surface area (Å²) in [6.45, 7) is 2.75. The third kappa shape index (κ3) is 12.4. The number of nitrogens with one attached hydrogen (secondary N) is 1. The van der Waals surface area contributed by atoms with Crippen LogP contribution in [0.2, 0.25) is 0 Å². The molecule has 1 aliphatic carbocycles. The molecule has 3 aliphatic rings. The van der Waals surface area contributed by atoms with E-state index in [-0.39, 0.29) is 13.0 Å². The molecule has 14 unspecified atom stereocenters. The van der Waals surface area contributed by atoms with Gasteiger partial charge in [0.05, 0.1) is 24.8 Å². The van der Waals surface area contributed by atoms with E-state index in [1.54, 1.807) is 7.05 Å². The Morgan fingerprint density at radius 1 is 0.841 bits per heavy atom. The predicted molar refractivity (Wildman–Crippen MR) is 144 cm³/mol. The zero-order chi connectivity index (χ0) is 34.5. The molecule has 44 heavy (non-hydrogen) atoms. The summed E-state index contributed by atoms with van der Waals surface area (Å²) in [6, 6.07) is -3.47. The summed E-state index contributed by atoms with van der Waals surface area (Å²) < 4.78 is 85.9. The molecule has 3 rings (SSSR count). The van der Waals surface area contributed by atoms with Crippen LogP contribution in [0.15, 0.2) is 0 Å². The molecule has 17 N–H and O–H groups in total. The van der Waals surface area contributed by atoms with Crippen molar-refractivity contribution < 1.29 is 84.6 Å². The highest BCUT2D eigenvalue weighted by Gasteiger charge is 2.52. The van der Waals surface area contributed by atoms with Crippen LogP contribution < -0.4 is 22.5 Å². The van der Waals surface area contributed by atoms with Gasteiger partial charge >= 0.3 is 20.8 Å². The van der Waals surface area contributed by atoms with Crippen LogP contribution in [0.4, 0.5) is 0 Å². The second-order valence-electron chi connectivity index (χ2n) is 10.7. The molecule has 0 amide bonds. The summed E-state index contributed by atoms with van der Waals surface area (Å²) in [6.07, 6.45) is -12.4. The average Bonchev–Trinajstić information content (AvgIpc) is 2.83. The molecule has 0 bridgehead atoms. The minimum atomic E-state index is -4.67. The van der Waals surface area contributed by atoms with Crippen LogP contribution in [-0.4, -0.2) is 171 Å². The van der Waals surface area contributed by atoms with Crippen molar-refractivity contribution in [3.8, 4) is 0 Å². The molecular weight excluding hydrogens is 648 g/mol. The molecule has 2 saturated heterocycles. The lowest BCUT2D eigenvalue weighted by molar-refractivity contribution is -0.319. The van der Waals surface area contributed by atoms with Gasteiger partial charge in [-0.1, -0.05) is 0 Å². The van der Waals surface area contributed by atoms with Gasteiger partial charge in [0.25, 0.3) is 0 Å². The number of rotatable bonds is 6. The van der Waals surface area contributed by atoms with Gasteiger partial charge in [-0.2, -0.15) is 16.8 Å². The van der Waals surface area contributed by atoms with Crippen LogP contribution in [0.25, 0.3) is 0 Å². The number of hydrogen-bond acceptors (Lipinski definition) is 18. The number of ether oxygens (including phenoxy) is 4. The summed E-state index contributed by atoms with van der Waals surface area (Å²) in [5, 5.41) is 65.2. The fourth-order valence-corrected chi connectivity index (χ4v) is 4.95. The fourth-order valence-electron chi connectivity index (χ4n) is 4.95. The largest absolute Gasteiger partial charge is 0.394 e. The van der Waals surface area contributed by atoms with Crippen LogP contribution in [0, 0.1) is 0 Å². The van der Waals surface area contributed by atoms with Crippen LogP contribution in [-0.2, 0) is 39.7 Å². The first-order valence-corrected chi connectivity index (χ1v) is 15.6. The number of aliphatic hydroxyl groups excluding tert-OH is 5. The molecule has 0 radical (unpaired) electrons. The molecular formula is C20H44N4O18S2. The molecule has 2 aliphatic heterocycles. The first kappa shape index (κ1) is 41.2. The van der Waals surface area contributed by atoms with Gasteiger partial charge in [-0.05, 0) is 27.3 Å². The molecule has 2 heterocycles. The highest BCUT2D eigenvalue weighted by molar-refractivity contribution is 7.80. The zero-order valence-electron chi connectivity index (χ0n) is 23.8. The SMILES string of the molecule is CNC1C(O)C(OC2C(N)CC(N)C(OC3OC(C(C)O)C(O)C(O)C3N)C2O)OC[C@]1(C)O.O=S(=O)(O)O.O=S(=O)(O)O. The molecule has 1 saturated carbocycles. The Bertz CT molecular complexity index is 1050. The van der Waals surface area contributed by atoms with Crippen molar-refractivity contribution >= 4 is 20.8 Å². The van der Waals surface area contributed by atoms with Gasteiger partial charge in [0.15, 0.2) is 12.6 Å². The van der Waals surface area contributed by atoms with E-state index in [2.05, 4.69) is 5.32 Å². The van der Waals surface area contributed by atoms with Crippen molar-refractivity contribution in [3.05, 3.63) is 0 Å². The summed E-state index contributed by atoms with van der Waals surface area (Å²) in [5.74, 6) is 0. The number of likely N-dealkylation sites (N-methyl/N-ethyl adjacent to an activating group) is 1. The molecule has 0 aromatic heterocycles. The fraction of sp³-hybridized carbons (Fsp3) is 1.00.